The summed E-state index contributed by atoms with van der Waals surface area (Å²) in [5, 5.41) is 8.72. The van der Waals surface area contributed by atoms with E-state index in [0.717, 1.165) is 0 Å². The molecule has 1 aromatic rings. The lowest BCUT2D eigenvalue weighted by atomic mass is 10.2. The Morgan fingerprint density at radius 1 is 1.47 bits per heavy atom. The smallest absolute Gasteiger partial charge is 0.242 e. The van der Waals surface area contributed by atoms with E-state index < -0.39 is 10.0 Å². The summed E-state index contributed by atoms with van der Waals surface area (Å²) in [4.78, 5) is -0.0438. The second-order valence-corrected chi connectivity index (χ2v) is 6.22. The highest BCUT2D eigenvalue weighted by Crippen LogP contribution is 2.22. The lowest BCUT2D eigenvalue weighted by molar-refractivity contribution is 0.0834. The molecule has 5 nitrogen and oxygen atoms in total. The van der Waals surface area contributed by atoms with Gasteiger partial charge in [0.05, 0.1) is 29.4 Å². The predicted molar refractivity (Wildman–Crippen MR) is 72.4 cm³/mol. The van der Waals surface area contributed by atoms with Gasteiger partial charge in [-0.3, -0.25) is 0 Å². The van der Waals surface area contributed by atoms with Gasteiger partial charge in [0.15, 0.2) is 0 Å². The Kier molecular flexibility index (Phi) is 5.76. The van der Waals surface area contributed by atoms with Crippen LogP contribution < -0.4 is 4.72 Å². The number of nitrogens with one attached hydrogen (secondary N) is 1. The Morgan fingerprint density at radius 2 is 2.16 bits per heavy atom. The summed E-state index contributed by atoms with van der Waals surface area (Å²) in [5.41, 5.74) is 0.312. The van der Waals surface area contributed by atoms with Crippen molar-refractivity contribution in [3.63, 3.8) is 0 Å². The highest BCUT2D eigenvalue weighted by Gasteiger charge is 2.17. The van der Waals surface area contributed by atoms with E-state index in [2.05, 4.69) is 4.72 Å². The number of rotatable bonds is 6. The van der Waals surface area contributed by atoms with Crippen LogP contribution in [0.5, 0.6) is 0 Å². The molecule has 0 bridgehead atoms. The van der Waals surface area contributed by atoms with Gasteiger partial charge in [-0.2, -0.15) is 5.26 Å². The molecule has 104 valence electrons. The minimum Gasteiger partial charge on any atom is -0.377 e. The van der Waals surface area contributed by atoms with Gasteiger partial charge in [0.1, 0.15) is 4.90 Å². The van der Waals surface area contributed by atoms with Gasteiger partial charge in [-0.05, 0) is 32.0 Å². The van der Waals surface area contributed by atoms with Gasteiger partial charge >= 0.3 is 0 Å². The summed E-state index contributed by atoms with van der Waals surface area (Å²) >= 11 is 5.85. The van der Waals surface area contributed by atoms with Crippen molar-refractivity contribution >= 4 is 21.6 Å². The Labute approximate surface area is 118 Å². The van der Waals surface area contributed by atoms with Crippen molar-refractivity contribution in [3.8, 4) is 6.07 Å². The van der Waals surface area contributed by atoms with Gasteiger partial charge in [-0.15, -0.1) is 0 Å². The second-order valence-electron chi connectivity index (χ2n) is 4.07. The highest BCUT2D eigenvalue weighted by molar-refractivity contribution is 7.89. The first-order valence-electron chi connectivity index (χ1n) is 5.67. The molecule has 0 amide bonds. The normalized spacial score (nSPS) is 11.5. The van der Waals surface area contributed by atoms with Crippen LogP contribution in [0.2, 0.25) is 5.02 Å². The predicted octanol–water partition coefficient (Wildman–Crippen LogP) is 1.91. The van der Waals surface area contributed by atoms with Gasteiger partial charge in [0.25, 0.3) is 0 Å². The fourth-order valence-corrected chi connectivity index (χ4v) is 2.89. The van der Waals surface area contributed by atoms with Crippen LogP contribution >= 0.6 is 11.6 Å². The molecule has 0 atom stereocenters. The van der Waals surface area contributed by atoms with Crippen molar-refractivity contribution in [1.29, 1.82) is 5.26 Å². The highest BCUT2D eigenvalue weighted by atomic mass is 35.5. The van der Waals surface area contributed by atoms with E-state index >= 15 is 0 Å². The van der Waals surface area contributed by atoms with E-state index in [-0.39, 0.29) is 29.2 Å². The fraction of sp³-hybridized carbons (Fsp3) is 0.417. The molecule has 0 unspecified atom stereocenters. The first-order chi connectivity index (χ1) is 8.86. The van der Waals surface area contributed by atoms with E-state index in [9.17, 15) is 8.42 Å². The first-order valence-corrected chi connectivity index (χ1v) is 7.54. The van der Waals surface area contributed by atoms with Gasteiger partial charge in [-0.25, -0.2) is 13.1 Å². The van der Waals surface area contributed by atoms with E-state index in [4.69, 9.17) is 21.6 Å². The molecule has 7 heteroatoms. The Balaban J connectivity index is 2.75. The number of hydrogen-bond donors (Lipinski definition) is 1. The van der Waals surface area contributed by atoms with Gasteiger partial charge in [0, 0.05) is 6.54 Å². The third-order valence-electron chi connectivity index (χ3n) is 2.20. The largest absolute Gasteiger partial charge is 0.377 e. The summed E-state index contributed by atoms with van der Waals surface area (Å²) < 4.78 is 31.6. The minimum absolute atomic E-state index is 0.0244. The third kappa shape index (κ3) is 4.80. The van der Waals surface area contributed by atoms with Gasteiger partial charge < -0.3 is 4.74 Å². The zero-order valence-corrected chi connectivity index (χ0v) is 12.3. The zero-order chi connectivity index (χ0) is 14.5. The molecule has 0 aromatic heterocycles. The summed E-state index contributed by atoms with van der Waals surface area (Å²) in [5.74, 6) is 0. The molecule has 1 N–H and O–H groups in total. The lowest BCUT2D eigenvalue weighted by Crippen LogP contribution is -2.28. The number of halogens is 1. The maximum absolute atomic E-state index is 12.0. The molecule has 1 rings (SSSR count). The van der Waals surface area contributed by atoms with Crippen molar-refractivity contribution in [2.24, 2.45) is 0 Å². The molecule has 19 heavy (non-hydrogen) atoms. The van der Waals surface area contributed by atoms with Crippen molar-refractivity contribution < 1.29 is 13.2 Å². The summed E-state index contributed by atoms with van der Waals surface area (Å²) in [6.07, 6.45) is 0.0444. The van der Waals surface area contributed by atoms with Crippen molar-refractivity contribution in [1.82, 2.24) is 4.72 Å². The second kappa shape index (κ2) is 6.87. The topological polar surface area (TPSA) is 79.2 Å². The third-order valence-corrected chi connectivity index (χ3v) is 4.14. The molecule has 0 aliphatic carbocycles. The first kappa shape index (κ1) is 15.9. The van der Waals surface area contributed by atoms with E-state index in [1.165, 1.54) is 18.2 Å². The van der Waals surface area contributed by atoms with Crippen molar-refractivity contribution in [2.75, 3.05) is 13.2 Å². The Hall–Kier alpha value is -1.13. The molecular weight excluding hydrogens is 288 g/mol. The summed E-state index contributed by atoms with van der Waals surface area (Å²) in [6, 6.07) is 5.93. The average molecular weight is 303 g/mol. The van der Waals surface area contributed by atoms with Gasteiger partial charge in [-0.1, -0.05) is 11.6 Å². The van der Waals surface area contributed by atoms with Crippen molar-refractivity contribution in [2.45, 2.75) is 24.8 Å². The standard InChI is InChI=1S/C12H15ClN2O3S/c1-9(2)18-6-5-15-19(16,17)12-4-3-10(8-14)7-11(12)13/h3-4,7,9,15H,5-6H2,1-2H3. The molecular formula is C12H15ClN2O3S. The van der Waals surface area contributed by atoms with Crippen LogP contribution in [0.25, 0.3) is 0 Å². The maximum atomic E-state index is 12.0. The average Bonchev–Trinajstić information content (AvgIpc) is 2.34. The Morgan fingerprint density at radius 3 is 2.68 bits per heavy atom. The maximum Gasteiger partial charge on any atom is 0.242 e. The molecule has 0 radical (unpaired) electrons. The molecule has 0 saturated carbocycles. The molecule has 0 fully saturated rings. The fourth-order valence-electron chi connectivity index (χ4n) is 1.34. The molecule has 0 heterocycles. The summed E-state index contributed by atoms with van der Waals surface area (Å²) in [6.45, 7) is 4.18. The zero-order valence-electron chi connectivity index (χ0n) is 10.7. The number of hydrogen-bond acceptors (Lipinski definition) is 4. The van der Waals surface area contributed by atoms with E-state index in [0.29, 0.717) is 5.56 Å². The summed E-state index contributed by atoms with van der Waals surface area (Å²) in [7, 11) is -3.69. The molecule has 0 aliphatic rings. The number of nitrogens with zero attached hydrogens (tertiary/aromatic N) is 1. The molecule has 0 aliphatic heterocycles. The molecule has 0 spiro atoms. The monoisotopic (exact) mass is 302 g/mol. The van der Waals surface area contributed by atoms with Crippen LogP contribution in [0, 0.1) is 11.3 Å². The number of ether oxygens (including phenoxy) is 1. The molecule has 0 saturated heterocycles. The van der Waals surface area contributed by atoms with E-state index in [1.54, 1.807) is 0 Å². The number of benzene rings is 1. The van der Waals surface area contributed by atoms with Crippen LogP contribution in [-0.4, -0.2) is 27.7 Å². The van der Waals surface area contributed by atoms with Crippen LogP contribution in [0.1, 0.15) is 19.4 Å². The molecule has 1 aromatic carbocycles. The SMILES string of the molecule is CC(C)OCCNS(=O)(=O)c1ccc(C#N)cc1Cl. The van der Waals surface area contributed by atoms with Crippen LogP contribution in [-0.2, 0) is 14.8 Å². The lowest BCUT2D eigenvalue weighted by Gasteiger charge is -2.10. The van der Waals surface area contributed by atoms with Crippen LogP contribution in [0.15, 0.2) is 23.1 Å². The van der Waals surface area contributed by atoms with Crippen LogP contribution in [0.4, 0.5) is 0 Å². The number of sulfonamides is 1. The van der Waals surface area contributed by atoms with E-state index in [1.807, 2.05) is 19.9 Å². The number of nitriles is 1. The minimum atomic E-state index is -3.69. The van der Waals surface area contributed by atoms with Gasteiger partial charge in [0.2, 0.25) is 10.0 Å². The van der Waals surface area contributed by atoms with Crippen molar-refractivity contribution in [3.05, 3.63) is 28.8 Å². The quantitative estimate of drug-likeness (QED) is 0.814. The Bertz CT molecular complexity index is 579. The van der Waals surface area contributed by atoms with Crippen LogP contribution in [0.3, 0.4) is 0 Å².